The molecule has 3 bridgehead atoms. The van der Waals surface area contributed by atoms with Crippen molar-refractivity contribution in [3.63, 3.8) is 0 Å². The molecule has 4 rings (SSSR count). The summed E-state index contributed by atoms with van der Waals surface area (Å²) in [4.78, 5) is 22.9. The molecule has 4 aliphatic carbocycles. The molecule has 6 atom stereocenters. The fourth-order valence-corrected chi connectivity index (χ4v) is 6.34. The molecule has 122 valence electrons. The molecule has 4 aliphatic rings. The van der Waals surface area contributed by atoms with Gasteiger partial charge in [-0.1, -0.05) is 0 Å². The minimum Gasteiger partial charge on any atom is -0.563 e. The van der Waals surface area contributed by atoms with Gasteiger partial charge in [0.25, 0.3) is 0 Å². The van der Waals surface area contributed by atoms with E-state index in [2.05, 4.69) is 5.32 Å². The van der Waals surface area contributed by atoms with Crippen molar-refractivity contribution in [2.75, 3.05) is 13.2 Å². The van der Waals surface area contributed by atoms with Crippen LogP contribution < -0.4 is 11.1 Å². The van der Waals surface area contributed by atoms with Crippen LogP contribution in [-0.4, -0.2) is 36.4 Å². The van der Waals surface area contributed by atoms with Crippen molar-refractivity contribution in [3.05, 3.63) is 0 Å². The monoisotopic (exact) mass is 309 g/mol. The summed E-state index contributed by atoms with van der Waals surface area (Å²) in [7, 11) is 0. The SMILES string of the molecule is NC[C@H](NC(=O)OCC12CC3CC4CC(C1)C4(C3)C2)C(=O)[OH2+]. The molecule has 5 N–H and O–H groups in total. The summed E-state index contributed by atoms with van der Waals surface area (Å²) in [6, 6.07) is -0.963. The zero-order valence-electron chi connectivity index (χ0n) is 12.8. The Balaban J connectivity index is 1.37. The van der Waals surface area contributed by atoms with Gasteiger partial charge in [-0.25, -0.2) is 4.79 Å². The van der Waals surface area contributed by atoms with E-state index in [1.54, 1.807) is 0 Å². The van der Waals surface area contributed by atoms with Crippen molar-refractivity contribution in [3.8, 4) is 0 Å². The maximum atomic E-state index is 11.9. The van der Waals surface area contributed by atoms with Crippen molar-refractivity contribution in [2.45, 2.75) is 44.6 Å². The van der Waals surface area contributed by atoms with Gasteiger partial charge in [-0.15, -0.1) is 0 Å². The number of amides is 1. The quantitative estimate of drug-likeness (QED) is 0.722. The smallest absolute Gasteiger partial charge is 0.540 e. The summed E-state index contributed by atoms with van der Waals surface area (Å²) in [5.41, 5.74) is 6.13. The number of nitrogens with two attached hydrogens (primary N) is 1. The number of carbonyl (C=O) groups excluding carboxylic acids is 2. The van der Waals surface area contributed by atoms with Crippen molar-refractivity contribution >= 4 is 12.1 Å². The van der Waals surface area contributed by atoms with Crippen LogP contribution in [0.15, 0.2) is 0 Å². The molecular formula is C16H25N2O4+. The van der Waals surface area contributed by atoms with Crippen LogP contribution in [0.25, 0.3) is 0 Å². The number of nitrogens with one attached hydrogen (secondary N) is 1. The first-order chi connectivity index (χ1) is 10.5. The molecule has 0 radical (unpaired) electrons. The summed E-state index contributed by atoms with van der Waals surface area (Å²) < 4.78 is 5.43. The average Bonchev–Trinajstić information content (AvgIpc) is 2.78. The van der Waals surface area contributed by atoms with Crippen molar-refractivity contribution in [1.29, 1.82) is 0 Å². The number of hydrogen-bond donors (Lipinski definition) is 2. The van der Waals surface area contributed by atoms with E-state index < -0.39 is 18.1 Å². The Morgan fingerprint density at radius 2 is 2.09 bits per heavy atom. The second-order valence-electron chi connectivity index (χ2n) is 8.13. The van der Waals surface area contributed by atoms with Gasteiger partial charge in [-0.05, 0) is 61.7 Å². The van der Waals surface area contributed by atoms with E-state index in [0.29, 0.717) is 12.0 Å². The fourth-order valence-electron chi connectivity index (χ4n) is 6.34. The standard InChI is InChI=1S/C16H24N2O4/c17-6-12(13(19)20)18-14(21)22-8-15-3-9-1-10-2-11(5-15)16(10,4-9)7-15/h9-12H,1-8,17H2,(H,18,21)(H,19,20)/p+1/t9?,10?,11?,12-,15?,16?/m0/s1. The maximum Gasteiger partial charge on any atom is 0.540 e. The van der Waals surface area contributed by atoms with E-state index in [0.717, 1.165) is 17.8 Å². The van der Waals surface area contributed by atoms with Crippen LogP contribution >= 0.6 is 0 Å². The highest BCUT2D eigenvalue weighted by atomic mass is 16.5. The molecule has 4 saturated carbocycles. The third kappa shape index (κ3) is 1.89. The summed E-state index contributed by atoms with van der Waals surface area (Å²) in [5, 5.41) is 9.44. The van der Waals surface area contributed by atoms with Gasteiger partial charge in [-0.3, -0.25) is 0 Å². The molecule has 1 amide bonds. The van der Waals surface area contributed by atoms with Crippen LogP contribution in [-0.2, 0) is 9.53 Å². The first-order valence-electron chi connectivity index (χ1n) is 8.35. The Hall–Kier alpha value is -1.30. The first kappa shape index (κ1) is 14.3. The molecule has 0 aliphatic heterocycles. The Labute approximate surface area is 129 Å². The third-order valence-electron chi connectivity index (χ3n) is 6.94. The van der Waals surface area contributed by atoms with Gasteiger partial charge in [0.1, 0.15) is 0 Å². The number of carbonyl (C=O) groups is 2. The number of rotatable bonds is 5. The van der Waals surface area contributed by atoms with E-state index in [4.69, 9.17) is 15.6 Å². The number of alkyl carbamates (subject to hydrolysis) is 1. The summed E-state index contributed by atoms with van der Waals surface area (Å²) in [6.45, 7) is 0.376. The lowest BCUT2D eigenvalue weighted by Gasteiger charge is -2.49. The fraction of sp³-hybridized carbons (Fsp3) is 0.875. The molecular weight excluding hydrogens is 284 g/mol. The zero-order valence-corrected chi connectivity index (χ0v) is 12.8. The second kappa shape index (κ2) is 4.60. The first-order valence-corrected chi connectivity index (χ1v) is 8.35. The summed E-state index contributed by atoms with van der Waals surface area (Å²) >= 11 is 0. The van der Waals surface area contributed by atoms with E-state index in [1.165, 1.54) is 38.5 Å². The van der Waals surface area contributed by atoms with Gasteiger partial charge < -0.3 is 20.9 Å². The number of ether oxygens (including phenoxy) is 1. The highest BCUT2D eigenvalue weighted by molar-refractivity contribution is 5.80. The lowest BCUT2D eigenvalue weighted by molar-refractivity contribution is -0.139. The predicted octanol–water partition coefficient (Wildman–Crippen LogP) is 0.507. The van der Waals surface area contributed by atoms with Crippen LogP contribution in [0.1, 0.15) is 38.5 Å². The average molecular weight is 309 g/mol. The zero-order chi connectivity index (χ0) is 15.5. The minimum atomic E-state index is -0.963. The third-order valence-corrected chi connectivity index (χ3v) is 6.94. The van der Waals surface area contributed by atoms with E-state index >= 15 is 0 Å². The summed E-state index contributed by atoms with van der Waals surface area (Å²) in [5.74, 6) is 1.73. The lowest BCUT2D eigenvalue weighted by Crippen LogP contribution is -2.46. The molecule has 0 aromatic carbocycles. The molecule has 1 spiro atoms. The topological polar surface area (TPSA) is 104 Å². The van der Waals surface area contributed by atoms with Gasteiger partial charge in [0.05, 0.1) is 6.61 Å². The molecule has 5 unspecified atom stereocenters. The summed E-state index contributed by atoms with van der Waals surface area (Å²) in [6.07, 6.45) is 7.16. The molecule has 6 heteroatoms. The highest BCUT2D eigenvalue weighted by Crippen LogP contribution is 2.78. The van der Waals surface area contributed by atoms with Gasteiger partial charge in [-0.2, -0.15) is 0 Å². The molecule has 6 nitrogen and oxygen atoms in total. The lowest BCUT2D eigenvalue weighted by atomic mass is 9.55. The molecule has 0 heterocycles. The van der Waals surface area contributed by atoms with Crippen LogP contribution in [0, 0.1) is 28.6 Å². The Morgan fingerprint density at radius 3 is 2.82 bits per heavy atom. The van der Waals surface area contributed by atoms with Crippen LogP contribution in [0.2, 0.25) is 0 Å². The van der Waals surface area contributed by atoms with Gasteiger partial charge in [0.2, 0.25) is 6.04 Å². The normalized spacial score (nSPS) is 45.0. The predicted molar refractivity (Wildman–Crippen MR) is 79.0 cm³/mol. The minimum absolute atomic E-state index is 0.0719. The second-order valence-corrected chi connectivity index (χ2v) is 8.13. The van der Waals surface area contributed by atoms with Crippen molar-refractivity contribution in [2.24, 2.45) is 34.3 Å². The van der Waals surface area contributed by atoms with Crippen LogP contribution in [0.5, 0.6) is 0 Å². The molecule has 4 fully saturated rings. The Kier molecular flexibility index (Phi) is 2.99. The largest absolute Gasteiger partial charge is 0.563 e. The molecule has 0 aromatic rings. The van der Waals surface area contributed by atoms with E-state index in [9.17, 15) is 9.59 Å². The highest BCUT2D eigenvalue weighted by Gasteiger charge is 2.70. The van der Waals surface area contributed by atoms with Gasteiger partial charge in [0, 0.05) is 16.8 Å². The number of hydrogen-bond acceptors (Lipinski definition) is 4. The van der Waals surface area contributed by atoms with Crippen LogP contribution in [0.3, 0.4) is 0 Å². The number of fused-ring (bicyclic) bond motifs is 2. The van der Waals surface area contributed by atoms with Gasteiger partial charge in [0.15, 0.2) is 0 Å². The van der Waals surface area contributed by atoms with Crippen molar-refractivity contribution < 1.29 is 19.4 Å². The maximum absolute atomic E-state index is 11.9. The molecule has 22 heavy (non-hydrogen) atoms. The Morgan fingerprint density at radius 1 is 1.27 bits per heavy atom. The van der Waals surface area contributed by atoms with Crippen molar-refractivity contribution in [1.82, 2.24) is 5.32 Å². The Bertz CT molecular complexity index is 520. The van der Waals surface area contributed by atoms with E-state index in [-0.39, 0.29) is 12.0 Å². The van der Waals surface area contributed by atoms with E-state index in [1.807, 2.05) is 0 Å². The van der Waals surface area contributed by atoms with Crippen LogP contribution in [0.4, 0.5) is 4.79 Å². The molecule has 0 saturated heterocycles. The van der Waals surface area contributed by atoms with Gasteiger partial charge >= 0.3 is 12.1 Å². The molecule has 0 aromatic heterocycles.